The molecular formula is C14H15N3O2. The summed E-state index contributed by atoms with van der Waals surface area (Å²) >= 11 is 0. The number of benzene rings is 1. The van der Waals surface area contributed by atoms with Crippen LogP contribution in [0.3, 0.4) is 0 Å². The fourth-order valence-corrected chi connectivity index (χ4v) is 1.84. The summed E-state index contributed by atoms with van der Waals surface area (Å²) in [6, 6.07) is 7.64. The standard InChI is InChI=1S/C14H15N3O2/c1-2-19-14-6-11(10-18)5-12(7-14)13-8-16-17(9-13)4-3-15/h5-9,18H,2,4,10H2,1H3. The zero-order chi connectivity index (χ0) is 13.7. The Labute approximate surface area is 111 Å². The number of aromatic nitrogens is 2. The third-order valence-electron chi connectivity index (χ3n) is 2.66. The zero-order valence-electron chi connectivity index (χ0n) is 10.7. The molecule has 2 aromatic rings. The molecule has 0 saturated carbocycles. The Balaban J connectivity index is 2.36. The lowest BCUT2D eigenvalue weighted by Crippen LogP contribution is -1.95. The summed E-state index contributed by atoms with van der Waals surface area (Å²) in [6.45, 7) is 2.66. The smallest absolute Gasteiger partial charge is 0.128 e. The van der Waals surface area contributed by atoms with Crippen molar-refractivity contribution in [3.8, 4) is 22.9 Å². The SMILES string of the molecule is CCOc1cc(CO)cc(-c2cnn(CC#N)c2)c1. The van der Waals surface area contributed by atoms with E-state index in [2.05, 4.69) is 5.10 Å². The molecule has 1 heterocycles. The van der Waals surface area contributed by atoms with Crippen LogP contribution in [0.4, 0.5) is 0 Å². The van der Waals surface area contributed by atoms with E-state index in [1.165, 1.54) is 0 Å². The highest BCUT2D eigenvalue weighted by Gasteiger charge is 2.06. The topological polar surface area (TPSA) is 71.1 Å². The Morgan fingerprint density at radius 3 is 2.89 bits per heavy atom. The predicted octanol–water partition coefficient (Wildman–Crippen LogP) is 1.96. The molecule has 0 radical (unpaired) electrons. The van der Waals surface area contributed by atoms with Gasteiger partial charge < -0.3 is 9.84 Å². The molecule has 1 aromatic carbocycles. The maximum Gasteiger partial charge on any atom is 0.128 e. The molecule has 19 heavy (non-hydrogen) atoms. The molecule has 0 atom stereocenters. The normalized spacial score (nSPS) is 10.2. The predicted molar refractivity (Wildman–Crippen MR) is 70.4 cm³/mol. The average molecular weight is 257 g/mol. The summed E-state index contributed by atoms with van der Waals surface area (Å²) in [5.74, 6) is 0.720. The molecule has 0 spiro atoms. The van der Waals surface area contributed by atoms with Crippen molar-refractivity contribution in [1.29, 1.82) is 5.26 Å². The summed E-state index contributed by atoms with van der Waals surface area (Å²) in [7, 11) is 0. The first-order valence-electron chi connectivity index (χ1n) is 6.04. The van der Waals surface area contributed by atoms with Gasteiger partial charge in [-0.05, 0) is 36.2 Å². The summed E-state index contributed by atoms with van der Waals surface area (Å²) in [6.07, 6.45) is 3.50. The third kappa shape index (κ3) is 3.12. The van der Waals surface area contributed by atoms with Gasteiger partial charge in [0.05, 0.1) is 25.5 Å². The van der Waals surface area contributed by atoms with Crippen LogP contribution < -0.4 is 4.74 Å². The number of ether oxygens (including phenoxy) is 1. The van der Waals surface area contributed by atoms with Gasteiger partial charge in [0, 0.05) is 11.8 Å². The van der Waals surface area contributed by atoms with Crippen LogP contribution >= 0.6 is 0 Å². The van der Waals surface area contributed by atoms with Crippen molar-refractivity contribution in [3.63, 3.8) is 0 Å². The second-order valence-corrected chi connectivity index (χ2v) is 4.04. The van der Waals surface area contributed by atoms with Gasteiger partial charge in [-0.15, -0.1) is 0 Å². The number of nitrogens with zero attached hydrogens (tertiary/aromatic N) is 3. The number of aliphatic hydroxyl groups is 1. The molecule has 2 rings (SSSR count). The Hall–Kier alpha value is -2.32. The molecule has 0 saturated heterocycles. The van der Waals surface area contributed by atoms with Crippen molar-refractivity contribution in [2.24, 2.45) is 0 Å². The monoisotopic (exact) mass is 257 g/mol. The molecule has 0 amide bonds. The summed E-state index contributed by atoms with van der Waals surface area (Å²) in [5, 5.41) is 22.0. The van der Waals surface area contributed by atoms with Crippen LogP contribution in [0.1, 0.15) is 12.5 Å². The fraction of sp³-hybridized carbons (Fsp3) is 0.286. The molecular weight excluding hydrogens is 242 g/mol. The Morgan fingerprint density at radius 2 is 2.21 bits per heavy atom. The lowest BCUT2D eigenvalue weighted by Gasteiger charge is -2.08. The quantitative estimate of drug-likeness (QED) is 0.888. The van der Waals surface area contributed by atoms with Gasteiger partial charge in [-0.1, -0.05) is 0 Å². The van der Waals surface area contributed by atoms with Gasteiger partial charge in [0.1, 0.15) is 12.3 Å². The van der Waals surface area contributed by atoms with E-state index in [-0.39, 0.29) is 13.2 Å². The van der Waals surface area contributed by atoms with Crippen LogP contribution in [-0.2, 0) is 13.2 Å². The van der Waals surface area contributed by atoms with Crippen LogP contribution in [0.5, 0.6) is 5.75 Å². The van der Waals surface area contributed by atoms with E-state index in [9.17, 15) is 5.11 Å². The number of nitriles is 1. The molecule has 0 bridgehead atoms. The molecule has 0 fully saturated rings. The molecule has 0 aliphatic carbocycles. The van der Waals surface area contributed by atoms with E-state index in [1.807, 2.05) is 31.2 Å². The Kier molecular flexibility index (Phi) is 4.16. The van der Waals surface area contributed by atoms with Crippen LogP contribution in [0, 0.1) is 11.3 Å². The lowest BCUT2D eigenvalue weighted by atomic mass is 10.1. The van der Waals surface area contributed by atoms with Gasteiger partial charge in [0.2, 0.25) is 0 Å². The molecule has 98 valence electrons. The minimum absolute atomic E-state index is 0.0414. The van der Waals surface area contributed by atoms with Gasteiger partial charge in [-0.25, -0.2) is 0 Å². The van der Waals surface area contributed by atoms with E-state index in [0.717, 1.165) is 22.4 Å². The molecule has 0 aliphatic rings. The molecule has 0 aliphatic heterocycles. The maximum atomic E-state index is 9.27. The molecule has 0 unspecified atom stereocenters. The molecule has 5 nitrogen and oxygen atoms in total. The maximum absolute atomic E-state index is 9.27. The highest BCUT2D eigenvalue weighted by Crippen LogP contribution is 2.26. The van der Waals surface area contributed by atoms with Crippen LogP contribution in [0.25, 0.3) is 11.1 Å². The van der Waals surface area contributed by atoms with Crippen molar-refractivity contribution >= 4 is 0 Å². The van der Waals surface area contributed by atoms with E-state index in [1.54, 1.807) is 17.1 Å². The first-order valence-corrected chi connectivity index (χ1v) is 6.04. The van der Waals surface area contributed by atoms with Crippen molar-refractivity contribution in [2.45, 2.75) is 20.1 Å². The van der Waals surface area contributed by atoms with Gasteiger partial charge in [0.15, 0.2) is 0 Å². The number of hydrogen-bond acceptors (Lipinski definition) is 4. The van der Waals surface area contributed by atoms with E-state index >= 15 is 0 Å². The lowest BCUT2D eigenvalue weighted by molar-refractivity contribution is 0.280. The molecule has 5 heteroatoms. The Bertz CT molecular complexity index is 599. The second-order valence-electron chi connectivity index (χ2n) is 4.04. The van der Waals surface area contributed by atoms with Gasteiger partial charge in [-0.2, -0.15) is 10.4 Å². The van der Waals surface area contributed by atoms with Crippen molar-refractivity contribution in [3.05, 3.63) is 36.2 Å². The van der Waals surface area contributed by atoms with Crippen LogP contribution in [0.15, 0.2) is 30.6 Å². The largest absolute Gasteiger partial charge is 0.494 e. The van der Waals surface area contributed by atoms with Crippen molar-refractivity contribution in [2.75, 3.05) is 6.61 Å². The highest BCUT2D eigenvalue weighted by atomic mass is 16.5. The number of aliphatic hydroxyl groups excluding tert-OH is 1. The average Bonchev–Trinajstić information content (AvgIpc) is 2.88. The number of hydrogen-bond donors (Lipinski definition) is 1. The minimum atomic E-state index is -0.0414. The fourth-order valence-electron chi connectivity index (χ4n) is 1.84. The van der Waals surface area contributed by atoms with E-state index < -0.39 is 0 Å². The summed E-state index contributed by atoms with van der Waals surface area (Å²) in [5.41, 5.74) is 2.60. The van der Waals surface area contributed by atoms with Gasteiger partial charge in [0.25, 0.3) is 0 Å². The van der Waals surface area contributed by atoms with Crippen LogP contribution in [0.2, 0.25) is 0 Å². The van der Waals surface area contributed by atoms with Gasteiger partial charge >= 0.3 is 0 Å². The second kappa shape index (κ2) is 6.03. The van der Waals surface area contributed by atoms with Crippen molar-refractivity contribution in [1.82, 2.24) is 9.78 Å². The minimum Gasteiger partial charge on any atom is -0.494 e. The summed E-state index contributed by atoms with van der Waals surface area (Å²) in [4.78, 5) is 0. The van der Waals surface area contributed by atoms with E-state index in [4.69, 9.17) is 10.00 Å². The van der Waals surface area contributed by atoms with E-state index in [0.29, 0.717) is 6.61 Å². The number of rotatable bonds is 5. The molecule has 1 aromatic heterocycles. The summed E-state index contributed by atoms with van der Waals surface area (Å²) < 4.78 is 7.04. The zero-order valence-corrected chi connectivity index (χ0v) is 10.7. The third-order valence-corrected chi connectivity index (χ3v) is 2.66. The van der Waals surface area contributed by atoms with Crippen LogP contribution in [-0.4, -0.2) is 21.5 Å². The molecule has 1 N–H and O–H groups in total. The Morgan fingerprint density at radius 1 is 1.37 bits per heavy atom. The highest BCUT2D eigenvalue weighted by molar-refractivity contribution is 5.64. The van der Waals surface area contributed by atoms with Gasteiger partial charge in [-0.3, -0.25) is 4.68 Å². The first-order chi connectivity index (χ1) is 9.26. The van der Waals surface area contributed by atoms with Crippen molar-refractivity contribution < 1.29 is 9.84 Å². The first kappa shape index (κ1) is 13.1.